The molecule has 0 radical (unpaired) electrons. The van der Waals surface area contributed by atoms with E-state index in [1.165, 1.54) is 0 Å². The zero-order chi connectivity index (χ0) is 46.3. The maximum absolute atomic E-state index is 14.5. The molecule has 14 nitrogen and oxygen atoms in total. The van der Waals surface area contributed by atoms with E-state index < -0.39 is 48.3 Å². The summed E-state index contributed by atoms with van der Waals surface area (Å²) in [6, 6.07) is 13.9. The summed E-state index contributed by atoms with van der Waals surface area (Å²) in [6.07, 6.45) is 1.72. The normalized spacial score (nSPS) is 18.4. The molecule has 62 heavy (non-hydrogen) atoms. The molecule has 0 unspecified atom stereocenters. The minimum atomic E-state index is -0.882. The van der Waals surface area contributed by atoms with Crippen molar-refractivity contribution in [1.82, 2.24) is 25.3 Å². The molecule has 0 aliphatic carbocycles. The zero-order valence-corrected chi connectivity index (χ0v) is 39.7. The predicted molar refractivity (Wildman–Crippen MR) is 247 cm³/mol. The number of carbonyl (C=O) groups is 5. The van der Waals surface area contributed by atoms with Crippen molar-refractivity contribution >= 4 is 40.9 Å². The van der Waals surface area contributed by atoms with E-state index in [4.69, 9.17) is 9.47 Å². The summed E-state index contributed by atoms with van der Waals surface area (Å²) in [5.74, 6) is -2.16. The number of likely N-dealkylation sites (tertiary alicyclic amines) is 1. The number of methoxy groups -OCH3 is 2. The second kappa shape index (κ2) is 24.9. The Labute approximate surface area is 371 Å². The predicted octanol–water partition coefficient (Wildman–Crippen LogP) is 5.43. The largest absolute Gasteiger partial charge is 0.388 e. The Bertz CT molecular complexity index is 1720. The summed E-state index contributed by atoms with van der Waals surface area (Å²) < 4.78 is 12.1. The lowest BCUT2D eigenvalue weighted by Gasteiger charge is -2.41. The summed E-state index contributed by atoms with van der Waals surface area (Å²) in [5.41, 5.74) is 2.40. The number of benzene rings is 2. The molecule has 1 saturated heterocycles. The summed E-state index contributed by atoms with van der Waals surface area (Å²) >= 11 is 0. The Hall–Kier alpha value is -4.53. The van der Waals surface area contributed by atoms with Gasteiger partial charge in [-0.3, -0.25) is 28.9 Å². The highest BCUT2D eigenvalue weighted by Crippen LogP contribution is 2.30. The van der Waals surface area contributed by atoms with Crippen molar-refractivity contribution in [2.75, 3.05) is 59.6 Å². The zero-order valence-electron chi connectivity index (χ0n) is 39.7. The first-order valence-corrected chi connectivity index (χ1v) is 22.5. The van der Waals surface area contributed by atoms with Gasteiger partial charge in [-0.2, -0.15) is 0 Å². The van der Waals surface area contributed by atoms with Gasteiger partial charge in [0.2, 0.25) is 29.5 Å². The van der Waals surface area contributed by atoms with Gasteiger partial charge in [0.1, 0.15) is 12.1 Å². The van der Waals surface area contributed by atoms with Crippen LogP contribution in [0.3, 0.4) is 0 Å². The molecule has 4 N–H and O–H groups in total. The van der Waals surface area contributed by atoms with E-state index in [0.29, 0.717) is 25.1 Å². The highest BCUT2D eigenvalue weighted by Gasteiger charge is 2.43. The first-order chi connectivity index (χ1) is 29.4. The lowest BCUT2D eigenvalue weighted by Crippen LogP contribution is -2.60. The highest BCUT2D eigenvalue weighted by atomic mass is 16.5. The maximum Gasteiger partial charge on any atom is 0.247 e. The van der Waals surface area contributed by atoms with Crippen LogP contribution in [0.2, 0.25) is 0 Å². The third-order valence-electron chi connectivity index (χ3n) is 12.8. The van der Waals surface area contributed by atoms with Crippen molar-refractivity contribution in [3.05, 3.63) is 60.2 Å². The fraction of sp³-hybridized carbons (Fsp3) is 0.646. The van der Waals surface area contributed by atoms with E-state index in [1.807, 2.05) is 110 Å². The molecule has 2 aromatic carbocycles. The van der Waals surface area contributed by atoms with E-state index >= 15 is 0 Å². The molecular weight excluding hydrogens is 787 g/mol. The first kappa shape index (κ1) is 51.8. The van der Waals surface area contributed by atoms with Crippen molar-refractivity contribution in [3.63, 3.8) is 0 Å². The molecular formula is C48H77N7O7. The SMILES string of the molecule is CC[C@H](C)[C@@H]([C@@H](CC(=O)N1CCC[C@H]1[C@H](OC)[C@@H](C)C(=O)N[C@@H](Cc1ccccc1)C(=O)Nc1ccc(NC)cc1)OC)N(C)C(=O)[C@@H](NC(=O)[C@H](C(C)C)N(C)C)[C@@H](C)CC. The number of nitrogens with zero attached hydrogens (tertiary/aromatic N) is 3. The van der Waals surface area contributed by atoms with Gasteiger partial charge in [-0.25, -0.2) is 0 Å². The smallest absolute Gasteiger partial charge is 0.247 e. The van der Waals surface area contributed by atoms with Crippen molar-refractivity contribution in [2.24, 2.45) is 23.7 Å². The lowest BCUT2D eigenvalue weighted by atomic mass is 9.88. The van der Waals surface area contributed by atoms with Gasteiger partial charge in [0.15, 0.2) is 0 Å². The van der Waals surface area contributed by atoms with Crippen LogP contribution >= 0.6 is 0 Å². The molecule has 5 amide bonds. The van der Waals surface area contributed by atoms with Crippen LogP contribution < -0.4 is 21.3 Å². The van der Waals surface area contributed by atoms with Crippen LogP contribution in [0.15, 0.2) is 54.6 Å². The van der Waals surface area contributed by atoms with Crippen molar-refractivity contribution in [1.29, 1.82) is 0 Å². The number of amides is 5. The van der Waals surface area contributed by atoms with Crippen LogP contribution in [0, 0.1) is 23.7 Å². The summed E-state index contributed by atoms with van der Waals surface area (Å²) in [6.45, 7) is 14.3. The second-order valence-corrected chi connectivity index (χ2v) is 17.7. The van der Waals surface area contributed by atoms with Crippen molar-refractivity contribution in [2.45, 2.75) is 129 Å². The molecule has 0 saturated carbocycles. The molecule has 1 aliphatic heterocycles. The molecule has 0 bridgehead atoms. The van der Waals surface area contributed by atoms with Gasteiger partial charge in [-0.1, -0.05) is 91.6 Å². The van der Waals surface area contributed by atoms with E-state index in [0.717, 1.165) is 24.1 Å². The highest BCUT2D eigenvalue weighted by molar-refractivity contribution is 5.98. The molecule has 2 aromatic rings. The molecule has 1 heterocycles. The molecule has 14 heteroatoms. The average molecular weight is 864 g/mol. The maximum atomic E-state index is 14.5. The second-order valence-electron chi connectivity index (χ2n) is 17.7. The standard InChI is InChI=1S/C48H77N7O7/c1-14-31(5)41(52-47(59)42(30(3)4)53(9)10)48(60)54(11)43(32(6)15-2)39(61-12)29-40(56)55-27-19-22-38(55)44(62-13)33(7)45(57)51-37(28-34-20-17-16-18-21-34)46(58)50-36-25-23-35(49-8)24-26-36/h16-18,20-21,23-26,30-33,37-39,41-44,49H,14-15,19,22,27-29H2,1-13H3,(H,50,58)(H,51,57)(H,52,59)/t31-,32-,33+,37-,38-,39+,41-,42-,43-,44+/m0/s1. The van der Waals surface area contributed by atoms with Gasteiger partial charge in [0.05, 0.1) is 42.7 Å². The van der Waals surface area contributed by atoms with Crippen LogP contribution in [-0.4, -0.2) is 136 Å². The number of carbonyl (C=O) groups excluding carboxylic acids is 5. The first-order valence-electron chi connectivity index (χ1n) is 22.5. The molecule has 0 spiro atoms. The van der Waals surface area contributed by atoms with E-state index in [-0.39, 0.29) is 60.1 Å². The van der Waals surface area contributed by atoms with Gasteiger partial charge in [-0.05, 0) is 74.5 Å². The number of rotatable bonds is 24. The lowest BCUT2D eigenvalue weighted by molar-refractivity contribution is -0.148. The third-order valence-corrected chi connectivity index (χ3v) is 12.8. The van der Waals surface area contributed by atoms with Gasteiger partial charge >= 0.3 is 0 Å². The van der Waals surface area contributed by atoms with Crippen LogP contribution in [0.1, 0.15) is 86.1 Å². The summed E-state index contributed by atoms with van der Waals surface area (Å²) in [7, 11) is 10.4. The fourth-order valence-electron chi connectivity index (χ4n) is 8.89. The van der Waals surface area contributed by atoms with Crippen LogP contribution in [-0.2, 0) is 39.9 Å². The quantitative estimate of drug-likeness (QED) is 0.108. The number of likely N-dealkylation sites (N-methyl/N-ethyl adjacent to an activating group) is 2. The summed E-state index contributed by atoms with van der Waals surface area (Å²) in [5, 5.41) is 12.1. The molecule has 1 aliphatic rings. The van der Waals surface area contributed by atoms with Crippen LogP contribution in [0.5, 0.6) is 0 Å². The topological polar surface area (TPSA) is 162 Å². The monoisotopic (exact) mass is 864 g/mol. The van der Waals surface area contributed by atoms with Gasteiger partial charge in [0, 0.05) is 52.7 Å². The number of hydrogen-bond donors (Lipinski definition) is 4. The molecule has 346 valence electrons. The molecule has 1 fully saturated rings. The Morgan fingerprint density at radius 2 is 1.40 bits per heavy atom. The minimum Gasteiger partial charge on any atom is -0.388 e. The number of nitrogens with one attached hydrogen (secondary N) is 4. The van der Waals surface area contributed by atoms with E-state index in [1.54, 1.807) is 50.1 Å². The van der Waals surface area contributed by atoms with Crippen molar-refractivity contribution < 1.29 is 33.4 Å². The van der Waals surface area contributed by atoms with Crippen molar-refractivity contribution in [3.8, 4) is 0 Å². The molecule has 0 aromatic heterocycles. The number of anilines is 2. The third kappa shape index (κ3) is 13.7. The van der Waals surface area contributed by atoms with Gasteiger partial charge in [0.25, 0.3) is 0 Å². The van der Waals surface area contributed by atoms with Crippen LogP contribution in [0.25, 0.3) is 0 Å². The number of ether oxygens (including phenoxy) is 2. The molecule has 10 atom stereocenters. The molecule has 3 rings (SSSR count). The fourth-order valence-corrected chi connectivity index (χ4v) is 8.89. The summed E-state index contributed by atoms with van der Waals surface area (Å²) in [4.78, 5) is 75.7. The van der Waals surface area contributed by atoms with Crippen LogP contribution in [0.4, 0.5) is 11.4 Å². The van der Waals surface area contributed by atoms with Gasteiger partial charge in [-0.15, -0.1) is 0 Å². The Kier molecular flexibility index (Phi) is 20.8. The van der Waals surface area contributed by atoms with Gasteiger partial charge < -0.3 is 40.5 Å². The minimum absolute atomic E-state index is 0.00165. The Morgan fingerprint density at radius 3 is 1.94 bits per heavy atom. The van der Waals surface area contributed by atoms with E-state index in [9.17, 15) is 24.0 Å². The Balaban J connectivity index is 1.82. The van der Waals surface area contributed by atoms with E-state index in [2.05, 4.69) is 21.3 Å². The Morgan fingerprint density at radius 1 is 0.790 bits per heavy atom. The average Bonchev–Trinajstić information content (AvgIpc) is 3.74. The number of hydrogen-bond acceptors (Lipinski definition) is 9.